The summed E-state index contributed by atoms with van der Waals surface area (Å²) in [4.78, 5) is 12.0. The monoisotopic (exact) mass is 335 g/mol. The summed E-state index contributed by atoms with van der Waals surface area (Å²) in [5.41, 5.74) is 2.28. The summed E-state index contributed by atoms with van der Waals surface area (Å²) in [6.45, 7) is 1.27. The smallest absolute Gasteiger partial charge is 0.220 e. The Morgan fingerprint density at radius 1 is 1.45 bits per heavy atom. The second-order valence-corrected chi connectivity index (χ2v) is 6.31. The van der Waals surface area contributed by atoms with Crippen molar-refractivity contribution in [3.8, 4) is 5.75 Å². The maximum Gasteiger partial charge on any atom is 0.220 e. The molecule has 106 valence electrons. The zero-order chi connectivity index (χ0) is 13.9. The first-order chi connectivity index (χ1) is 9.72. The average molecular weight is 336 g/mol. The van der Waals surface area contributed by atoms with Gasteiger partial charge in [-0.1, -0.05) is 28.1 Å². The lowest BCUT2D eigenvalue weighted by Gasteiger charge is -2.12. The Morgan fingerprint density at radius 2 is 2.35 bits per heavy atom. The van der Waals surface area contributed by atoms with E-state index < -0.39 is 0 Å². The minimum atomic E-state index is 0.119. The highest BCUT2D eigenvalue weighted by molar-refractivity contribution is 9.10. The normalized spacial score (nSPS) is 19.8. The first kappa shape index (κ1) is 13.7. The first-order valence-electron chi connectivity index (χ1n) is 7.10. The van der Waals surface area contributed by atoms with Gasteiger partial charge in [-0.05, 0) is 36.5 Å². The van der Waals surface area contributed by atoms with E-state index >= 15 is 0 Å². The predicted molar refractivity (Wildman–Crippen MR) is 81.7 cm³/mol. The van der Waals surface area contributed by atoms with Crippen molar-refractivity contribution in [1.82, 2.24) is 5.32 Å². The molecule has 0 bridgehead atoms. The fraction of sp³-hybridized carbons (Fsp3) is 0.438. The van der Waals surface area contributed by atoms with Crippen molar-refractivity contribution in [1.29, 1.82) is 0 Å². The fourth-order valence-electron chi connectivity index (χ4n) is 2.85. The van der Waals surface area contributed by atoms with Crippen LogP contribution in [0.25, 0.3) is 0 Å². The number of benzene rings is 1. The molecule has 1 unspecified atom stereocenters. The highest BCUT2D eigenvalue weighted by Crippen LogP contribution is 2.33. The summed E-state index contributed by atoms with van der Waals surface area (Å²) in [5.74, 6) is 1.49. The molecule has 1 N–H and O–H groups in total. The van der Waals surface area contributed by atoms with E-state index in [1.807, 2.05) is 6.07 Å². The van der Waals surface area contributed by atoms with Crippen molar-refractivity contribution in [2.24, 2.45) is 5.92 Å². The zero-order valence-electron chi connectivity index (χ0n) is 11.3. The lowest BCUT2D eigenvalue weighted by atomic mass is 10.0. The van der Waals surface area contributed by atoms with Gasteiger partial charge in [0.1, 0.15) is 5.75 Å². The van der Waals surface area contributed by atoms with Gasteiger partial charge in [0.15, 0.2) is 0 Å². The van der Waals surface area contributed by atoms with Crippen LogP contribution in [0.15, 0.2) is 28.8 Å². The predicted octanol–water partition coefficient (Wildman–Crippen LogP) is 3.36. The van der Waals surface area contributed by atoms with Gasteiger partial charge in [-0.25, -0.2) is 0 Å². The third-order valence-corrected chi connectivity index (χ3v) is 4.32. The lowest BCUT2D eigenvalue weighted by molar-refractivity contribution is -0.121. The van der Waals surface area contributed by atoms with Crippen molar-refractivity contribution in [2.45, 2.75) is 32.2 Å². The molecule has 1 aliphatic heterocycles. The van der Waals surface area contributed by atoms with Crippen molar-refractivity contribution < 1.29 is 9.53 Å². The molecule has 0 saturated heterocycles. The van der Waals surface area contributed by atoms with Gasteiger partial charge in [0, 0.05) is 29.4 Å². The van der Waals surface area contributed by atoms with Gasteiger partial charge in [-0.3, -0.25) is 4.79 Å². The molecular weight excluding hydrogens is 318 g/mol. The Bertz CT molecular complexity index is 554. The molecule has 1 aromatic carbocycles. The van der Waals surface area contributed by atoms with E-state index in [9.17, 15) is 4.79 Å². The number of hydrogen-bond donors (Lipinski definition) is 1. The summed E-state index contributed by atoms with van der Waals surface area (Å²) < 4.78 is 6.71. The number of hydrogen-bond acceptors (Lipinski definition) is 2. The fourth-order valence-corrected chi connectivity index (χ4v) is 3.40. The largest absolute Gasteiger partial charge is 0.493 e. The van der Waals surface area contributed by atoms with Gasteiger partial charge in [0.2, 0.25) is 5.91 Å². The van der Waals surface area contributed by atoms with Crippen molar-refractivity contribution in [2.75, 3.05) is 6.61 Å². The highest BCUT2D eigenvalue weighted by atomic mass is 79.9. The number of carbonyl (C=O) groups excluding carboxylic acids is 1. The highest BCUT2D eigenvalue weighted by Gasteiger charge is 2.18. The Kier molecular flexibility index (Phi) is 4.10. The maximum absolute atomic E-state index is 12.0. The second kappa shape index (κ2) is 6.00. The average Bonchev–Trinajstić information content (AvgIpc) is 3.06. The first-order valence-corrected chi connectivity index (χ1v) is 7.89. The van der Waals surface area contributed by atoms with Crippen LogP contribution in [0.2, 0.25) is 0 Å². The Labute approximate surface area is 127 Å². The minimum Gasteiger partial charge on any atom is -0.493 e. The third kappa shape index (κ3) is 3.06. The van der Waals surface area contributed by atoms with Gasteiger partial charge in [0.05, 0.1) is 6.61 Å². The van der Waals surface area contributed by atoms with Crippen LogP contribution < -0.4 is 10.1 Å². The summed E-state index contributed by atoms with van der Waals surface area (Å²) in [6.07, 6.45) is 8.05. The Balaban J connectivity index is 1.61. The summed E-state index contributed by atoms with van der Waals surface area (Å²) in [5, 5.41) is 3.01. The van der Waals surface area contributed by atoms with Crippen molar-refractivity contribution in [3.63, 3.8) is 0 Å². The third-order valence-electron chi connectivity index (χ3n) is 3.86. The number of amides is 1. The molecule has 1 heterocycles. The van der Waals surface area contributed by atoms with Crippen LogP contribution in [0.5, 0.6) is 5.75 Å². The van der Waals surface area contributed by atoms with Gasteiger partial charge in [-0.2, -0.15) is 0 Å². The summed E-state index contributed by atoms with van der Waals surface area (Å²) >= 11 is 3.52. The molecule has 1 aliphatic carbocycles. The van der Waals surface area contributed by atoms with E-state index in [1.165, 1.54) is 5.56 Å². The minimum absolute atomic E-state index is 0.119. The molecule has 1 aromatic rings. The molecule has 0 spiro atoms. The van der Waals surface area contributed by atoms with E-state index in [4.69, 9.17) is 4.74 Å². The molecule has 2 aliphatic rings. The summed E-state index contributed by atoms with van der Waals surface area (Å²) in [6, 6.07) is 4.12. The molecular formula is C16H18BrNO2. The van der Waals surface area contributed by atoms with Crippen molar-refractivity contribution >= 4 is 21.8 Å². The summed E-state index contributed by atoms with van der Waals surface area (Å²) in [7, 11) is 0. The van der Waals surface area contributed by atoms with Crippen LogP contribution in [0.4, 0.5) is 0 Å². The SMILES string of the molecule is O=C(CC1C=CCC1)NCc1cc(Br)cc2c1OCC2. The Morgan fingerprint density at radius 3 is 3.15 bits per heavy atom. The number of nitrogens with one attached hydrogen (secondary N) is 1. The lowest BCUT2D eigenvalue weighted by Crippen LogP contribution is -2.24. The molecule has 1 amide bonds. The van der Waals surface area contributed by atoms with Crippen LogP contribution in [0.1, 0.15) is 30.4 Å². The van der Waals surface area contributed by atoms with Crippen LogP contribution in [-0.4, -0.2) is 12.5 Å². The topological polar surface area (TPSA) is 38.3 Å². The quantitative estimate of drug-likeness (QED) is 0.857. The van der Waals surface area contributed by atoms with Crippen LogP contribution in [0.3, 0.4) is 0 Å². The van der Waals surface area contributed by atoms with E-state index in [0.717, 1.165) is 41.7 Å². The zero-order valence-corrected chi connectivity index (χ0v) is 12.9. The number of allylic oxidation sites excluding steroid dienone is 2. The Hall–Kier alpha value is -1.29. The van der Waals surface area contributed by atoms with Crippen LogP contribution in [0, 0.1) is 5.92 Å². The second-order valence-electron chi connectivity index (χ2n) is 5.40. The van der Waals surface area contributed by atoms with E-state index in [2.05, 4.69) is 39.5 Å². The molecule has 0 saturated carbocycles. The molecule has 1 atom stereocenters. The number of carbonyl (C=O) groups is 1. The van der Waals surface area contributed by atoms with Crippen LogP contribution in [-0.2, 0) is 17.8 Å². The van der Waals surface area contributed by atoms with Gasteiger partial charge < -0.3 is 10.1 Å². The molecule has 0 radical (unpaired) electrons. The van der Waals surface area contributed by atoms with E-state index in [1.54, 1.807) is 0 Å². The number of fused-ring (bicyclic) bond motifs is 1. The molecule has 4 heteroatoms. The van der Waals surface area contributed by atoms with Gasteiger partial charge in [0.25, 0.3) is 0 Å². The molecule has 0 fully saturated rings. The van der Waals surface area contributed by atoms with Gasteiger partial charge >= 0.3 is 0 Å². The standard InChI is InChI=1S/C16H18BrNO2/c17-14-8-12-5-6-20-16(12)13(9-14)10-18-15(19)7-11-3-1-2-4-11/h1,3,8-9,11H,2,4-7,10H2,(H,18,19). The van der Waals surface area contributed by atoms with Gasteiger partial charge in [-0.15, -0.1) is 0 Å². The molecule has 20 heavy (non-hydrogen) atoms. The maximum atomic E-state index is 12.0. The molecule has 0 aromatic heterocycles. The van der Waals surface area contributed by atoms with Crippen molar-refractivity contribution in [3.05, 3.63) is 39.9 Å². The van der Waals surface area contributed by atoms with E-state index in [0.29, 0.717) is 18.9 Å². The van der Waals surface area contributed by atoms with Crippen LogP contribution >= 0.6 is 15.9 Å². The van der Waals surface area contributed by atoms with E-state index in [-0.39, 0.29) is 5.91 Å². The number of rotatable bonds is 4. The number of halogens is 1. The number of ether oxygens (including phenoxy) is 1. The molecule has 3 nitrogen and oxygen atoms in total. The molecule has 3 rings (SSSR count).